The molecule has 1 aromatic carbocycles. The number of aryl methyl sites for hydroxylation is 2. The summed E-state index contributed by atoms with van der Waals surface area (Å²) in [6, 6.07) is 7.64. The summed E-state index contributed by atoms with van der Waals surface area (Å²) in [7, 11) is 3.03. The van der Waals surface area contributed by atoms with Crippen LogP contribution in [0, 0.1) is 0 Å². The van der Waals surface area contributed by atoms with Crippen molar-refractivity contribution in [3.8, 4) is 11.1 Å². The Labute approximate surface area is 151 Å². The maximum absolute atomic E-state index is 13.3. The molecule has 0 aliphatic heterocycles. The van der Waals surface area contributed by atoms with Crippen LogP contribution in [-0.4, -0.2) is 20.3 Å². The molecular formula is C18H15F3N4O2. The van der Waals surface area contributed by atoms with Crippen molar-refractivity contribution in [3.63, 3.8) is 0 Å². The van der Waals surface area contributed by atoms with Crippen LogP contribution in [-0.2, 0) is 20.3 Å². The predicted molar refractivity (Wildman–Crippen MR) is 93.3 cm³/mol. The summed E-state index contributed by atoms with van der Waals surface area (Å²) in [4.78, 5) is 23.9. The molecule has 3 rings (SSSR count). The molecule has 0 unspecified atom stereocenters. The number of benzene rings is 1. The van der Waals surface area contributed by atoms with E-state index < -0.39 is 17.6 Å². The largest absolute Gasteiger partial charge is 0.417 e. The van der Waals surface area contributed by atoms with Crippen LogP contribution >= 0.6 is 0 Å². The number of hydrogen-bond acceptors (Lipinski definition) is 3. The van der Waals surface area contributed by atoms with Crippen LogP contribution in [0.4, 0.5) is 19.0 Å². The summed E-state index contributed by atoms with van der Waals surface area (Å²) in [6.07, 6.45) is -1.81. The molecule has 1 N–H and O–H groups in total. The first-order valence-electron chi connectivity index (χ1n) is 7.85. The molecule has 0 saturated heterocycles. The maximum Gasteiger partial charge on any atom is 0.417 e. The smallest absolute Gasteiger partial charge is 0.318 e. The third-order valence-corrected chi connectivity index (χ3v) is 3.93. The number of pyridine rings is 1. The van der Waals surface area contributed by atoms with Gasteiger partial charge in [-0.1, -0.05) is 18.2 Å². The minimum atomic E-state index is -4.55. The van der Waals surface area contributed by atoms with E-state index in [1.54, 1.807) is 7.05 Å². The number of halogens is 3. The minimum absolute atomic E-state index is 0.00643. The van der Waals surface area contributed by atoms with Crippen molar-refractivity contribution in [2.75, 3.05) is 5.32 Å². The number of alkyl halides is 3. The number of nitrogens with one attached hydrogen (secondary N) is 1. The molecule has 0 atom stereocenters. The van der Waals surface area contributed by atoms with Gasteiger partial charge in [-0.3, -0.25) is 14.3 Å². The minimum Gasteiger partial charge on any atom is -0.318 e. The Kier molecular flexibility index (Phi) is 4.61. The molecular weight excluding hydrogens is 361 g/mol. The number of amides is 1. The van der Waals surface area contributed by atoms with E-state index in [2.05, 4.69) is 10.4 Å². The van der Waals surface area contributed by atoms with Crippen molar-refractivity contribution in [2.24, 2.45) is 14.1 Å². The summed E-state index contributed by atoms with van der Waals surface area (Å²) in [5.74, 6) is -0.594. The van der Waals surface area contributed by atoms with Gasteiger partial charge in [-0.25, -0.2) is 0 Å². The molecule has 2 aromatic heterocycles. The summed E-state index contributed by atoms with van der Waals surface area (Å²) in [6.45, 7) is 0. The highest BCUT2D eigenvalue weighted by Crippen LogP contribution is 2.39. The highest BCUT2D eigenvalue weighted by atomic mass is 19.4. The van der Waals surface area contributed by atoms with Gasteiger partial charge in [0.05, 0.1) is 11.1 Å². The van der Waals surface area contributed by atoms with E-state index in [1.165, 1.54) is 59.0 Å². The summed E-state index contributed by atoms with van der Waals surface area (Å²) < 4.78 is 42.6. The zero-order chi connectivity index (χ0) is 19.8. The van der Waals surface area contributed by atoms with Crippen LogP contribution in [0.1, 0.15) is 15.9 Å². The van der Waals surface area contributed by atoms with Crippen LogP contribution in [0.3, 0.4) is 0 Å². The molecule has 27 heavy (non-hydrogen) atoms. The van der Waals surface area contributed by atoms with Crippen molar-refractivity contribution in [1.29, 1.82) is 0 Å². The SMILES string of the molecule is Cn1cc(-c2ccccc2C(F)(F)F)c(NC(=O)c2ccc(=O)n(C)c2)n1. The quantitative estimate of drug-likeness (QED) is 0.764. The summed E-state index contributed by atoms with van der Waals surface area (Å²) in [5, 5.41) is 6.58. The van der Waals surface area contributed by atoms with E-state index in [1.807, 2.05) is 0 Å². The number of nitrogens with zero attached hydrogens (tertiary/aromatic N) is 3. The molecule has 0 spiro atoms. The van der Waals surface area contributed by atoms with Gasteiger partial charge in [0.1, 0.15) is 0 Å². The molecule has 3 aromatic rings. The van der Waals surface area contributed by atoms with Gasteiger partial charge in [-0.2, -0.15) is 18.3 Å². The Hall–Kier alpha value is -3.36. The van der Waals surface area contributed by atoms with Crippen LogP contribution < -0.4 is 10.9 Å². The normalized spacial score (nSPS) is 11.4. The van der Waals surface area contributed by atoms with Crippen molar-refractivity contribution < 1.29 is 18.0 Å². The van der Waals surface area contributed by atoms with E-state index in [-0.39, 0.29) is 28.1 Å². The number of hydrogen-bond donors (Lipinski definition) is 1. The van der Waals surface area contributed by atoms with Crippen molar-refractivity contribution in [2.45, 2.75) is 6.18 Å². The Bertz CT molecular complexity index is 1070. The van der Waals surface area contributed by atoms with E-state index in [4.69, 9.17) is 0 Å². The van der Waals surface area contributed by atoms with Gasteiger partial charge in [0.15, 0.2) is 5.82 Å². The first-order valence-corrected chi connectivity index (χ1v) is 7.85. The lowest BCUT2D eigenvalue weighted by atomic mass is 10.0. The van der Waals surface area contributed by atoms with Gasteiger partial charge >= 0.3 is 6.18 Å². The van der Waals surface area contributed by atoms with Crippen molar-refractivity contribution in [1.82, 2.24) is 14.3 Å². The van der Waals surface area contributed by atoms with Gasteiger partial charge in [-0.05, 0) is 17.7 Å². The second-order valence-corrected chi connectivity index (χ2v) is 5.93. The van der Waals surface area contributed by atoms with Gasteiger partial charge in [-0.15, -0.1) is 0 Å². The Morgan fingerprint density at radius 3 is 2.41 bits per heavy atom. The zero-order valence-electron chi connectivity index (χ0n) is 14.4. The molecule has 2 heterocycles. The van der Waals surface area contributed by atoms with E-state index in [0.29, 0.717) is 0 Å². The molecule has 0 radical (unpaired) electrons. The molecule has 1 amide bonds. The van der Waals surface area contributed by atoms with E-state index in [0.717, 1.165) is 6.07 Å². The van der Waals surface area contributed by atoms with Crippen LogP contribution in [0.25, 0.3) is 11.1 Å². The fraction of sp³-hybridized carbons (Fsp3) is 0.167. The molecule has 0 fully saturated rings. The lowest BCUT2D eigenvalue weighted by molar-refractivity contribution is -0.137. The summed E-state index contributed by atoms with van der Waals surface area (Å²) >= 11 is 0. The predicted octanol–water partition coefficient (Wildman–Crippen LogP) is 3.06. The molecule has 6 nitrogen and oxygen atoms in total. The molecule has 0 aliphatic rings. The standard InChI is InChI=1S/C18H15F3N4O2/c1-24-9-11(7-8-15(24)26)17(27)22-16-13(10-25(2)23-16)12-5-3-4-6-14(12)18(19,20)21/h3-10H,1-2H3,(H,22,23,27). The van der Waals surface area contributed by atoms with Gasteiger partial charge < -0.3 is 9.88 Å². The highest BCUT2D eigenvalue weighted by molar-refractivity contribution is 6.05. The topological polar surface area (TPSA) is 68.9 Å². The zero-order valence-corrected chi connectivity index (χ0v) is 14.4. The number of carbonyl (C=O) groups excluding carboxylic acids is 1. The average molecular weight is 376 g/mol. The van der Waals surface area contributed by atoms with Gasteiger partial charge in [0, 0.05) is 38.1 Å². The van der Waals surface area contributed by atoms with E-state index >= 15 is 0 Å². The number of rotatable bonds is 3. The average Bonchev–Trinajstić information content (AvgIpc) is 2.96. The van der Waals surface area contributed by atoms with Gasteiger partial charge in [0.25, 0.3) is 5.91 Å². The second kappa shape index (κ2) is 6.75. The lowest BCUT2D eigenvalue weighted by Crippen LogP contribution is -2.20. The van der Waals surface area contributed by atoms with Crippen LogP contribution in [0.2, 0.25) is 0 Å². The first kappa shape index (κ1) is 18.4. The van der Waals surface area contributed by atoms with Crippen LogP contribution in [0.15, 0.2) is 53.6 Å². The third kappa shape index (κ3) is 3.76. The first-order chi connectivity index (χ1) is 12.7. The Morgan fingerprint density at radius 1 is 1.04 bits per heavy atom. The fourth-order valence-electron chi connectivity index (χ4n) is 2.65. The maximum atomic E-state index is 13.3. The van der Waals surface area contributed by atoms with Gasteiger partial charge in [0.2, 0.25) is 5.56 Å². The Balaban J connectivity index is 2.02. The molecule has 0 aliphatic carbocycles. The number of aromatic nitrogens is 3. The molecule has 0 bridgehead atoms. The Morgan fingerprint density at radius 2 is 1.74 bits per heavy atom. The molecule has 0 saturated carbocycles. The monoisotopic (exact) mass is 376 g/mol. The van der Waals surface area contributed by atoms with Crippen LogP contribution in [0.5, 0.6) is 0 Å². The molecule has 9 heteroatoms. The summed E-state index contributed by atoms with van der Waals surface area (Å²) in [5.41, 5.74) is -0.880. The number of anilines is 1. The lowest BCUT2D eigenvalue weighted by Gasteiger charge is -2.13. The van der Waals surface area contributed by atoms with E-state index in [9.17, 15) is 22.8 Å². The van der Waals surface area contributed by atoms with Crippen molar-refractivity contribution in [3.05, 3.63) is 70.3 Å². The molecule has 140 valence electrons. The highest BCUT2D eigenvalue weighted by Gasteiger charge is 2.34. The number of carbonyl (C=O) groups is 1. The fourth-order valence-corrected chi connectivity index (χ4v) is 2.65. The van der Waals surface area contributed by atoms with Crippen molar-refractivity contribution >= 4 is 11.7 Å². The third-order valence-electron chi connectivity index (χ3n) is 3.93. The second-order valence-electron chi connectivity index (χ2n) is 5.93.